The number of ketones is 1. The molecule has 1 aliphatic rings. The standard InChI is InChI=1S/C12H13F2NO2/c1-7(16)9-5-6-10(15-11(9)12(13)14)17-8-3-2-4-8/h5-6,8,12H,2-4H2,1H3. The fourth-order valence-electron chi connectivity index (χ4n) is 1.65. The lowest BCUT2D eigenvalue weighted by Crippen LogP contribution is -2.25. The van der Waals surface area contributed by atoms with E-state index in [1.54, 1.807) is 0 Å². The molecular formula is C12H13F2NO2. The molecule has 0 atom stereocenters. The van der Waals surface area contributed by atoms with Crippen LogP contribution in [0.5, 0.6) is 5.88 Å². The smallest absolute Gasteiger partial charge is 0.281 e. The Labute approximate surface area is 97.8 Å². The zero-order chi connectivity index (χ0) is 12.4. The van der Waals surface area contributed by atoms with Gasteiger partial charge in [-0.1, -0.05) is 0 Å². The Bertz CT molecular complexity index is 431. The number of aromatic nitrogens is 1. The first kappa shape index (κ1) is 12.0. The van der Waals surface area contributed by atoms with Crippen LogP contribution in [0.4, 0.5) is 8.78 Å². The maximum Gasteiger partial charge on any atom is 0.281 e. The van der Waals surface area contributed by atoms with Gasteiger partial charge in [0, 0.05) is 11.6 Å². The van der Waals surface area contributed by atoms with Gasteiger partial charge < -0.3 is 4.74 Å². The quantitative estimate of drug-likeness (QED) is 0.760. The Morgan fingerprint density at radius 3 is 2.65 bits per heavy atom. The van der Waals surface area contributed by atoms with Crippen LogP contribution in [0.25, 0.3) is 0 Å². The van der Waals surface area contributed by atoms with Crippen LogP contribution in [0.1, 0.15) is 48.7 Å². The highest BCUT2D eigenvalue weighted by Crippen LogP contribution is 2.27. The SMILES string of the molecule is CC(=O)c1ccc(OC2CCC2)nc1C(F)F. The van der Waals surface area contributed by atoms with Crippen LogP contribution in [0.3, 0.4) is 0 Å². The van der Waals surface area contributed by atoms with Gasteiger partial charge in [0.1, 0.15) is 11.8 Å². The monoisotopic (exact) mass is 241 g/mol. The molecule has 0 unspecified atom stereocenters. The number of Topliss-reactive ketones (excluding diaryl/α,β-unsaturated/α-hetero) is 1. The Morgan fingerprint density at radius 1 is 1.47 bits per heavy atom. The molecule has 0 amide bonds. The molecule has 5 heteroatoms. The summed E-state index contributed by atoms with van der Waals surface area (Å²) < 4.78 is 30.9. The number of hydrogen-bond donors (Lipinski definition) is 0. The first-order valence-corrected chi connectivity index (χ1v) is 5.54. The van der Waals surface area contributed by atoms with Gasteiger partial charge in [0.05, 0.1) is 0 Å². The second-order valence-electron chi connectivity index (χ2n) is 4.11. The van der Waals surface area contributed by atoms with E-state index in [4.69, 9.17) is 4.74 Å². The zero-order valence-corrected chi connectivity index (χ0v) is 9.45. The van der Waals surface area contributed by atoms with Gasteiger partial charge in [-0.25, -0.2) is 13.8 Å². The average molecular weight is 241 g/mol. The highest BCUT2D eigenvalue weighted by Gasteiger charge is 2.22. The van der Waals surface area contributed by atoms with Gasteiger partial charge in [-0.2, -0.15) is 0 Å². The summed E-state index contributed by atoms with van der Waals surface area (Å²) in [6.45, 7) is 1.25. The molecular weight excluding hydrogens is 228 g/mol. The van der Waals surface area contributed by atoms with E-state index in [2.05, 4.69) is 4.98 Å². The molecule has 1 aliphatic carbocycles. The van der Waals surface area contributed by atoms with Gasteiger partial charge in [0.15, 0.2) is 5.78 Å². The van der Waals surface area contributed by atoms with E-state index in [9.17, 15) is 13.6 Å². The van der Waals surface area contributed by atoms with Crippen LogP contribution >= 0.6 is 0 Å². The molecule has 1 aromatic heterocycles. The van der Waals surface area contributed by atoms with Gasteiger partial charge in [0.25, 0.3) is 6.43 Å². The van der Waals surface area contributed by atoms with Crippen LogP contribution in [0, 0.1) is 0 Å². The number of ether oxygens (including phenoxy) is 1. The summed E-state index contributed by atoms with van der Waals surface area (Å²) in [7, 11) is 0. The van der Waals surface area contributed by atoms with Crippen molar-refractivity contribution in [1.82, 2.24) is 4.98 Å². The van der Waals surface area contributed by atoms with E-state index < -0.39 is 17.9 Å². The number of rotatable bonds is 4. The molecule has 3 nitrogen and oxygen atoms in total. The van der Waals surface area contributed by atoms with E-state index in [0.717, 1.165) is 19.3 Å². The lowest BCUT2D eigenvalue weighted by atomic mass is 9.96. The second kappa shape index (κ2) is 4.77. The minimum absolute atomic E-state index is 0.0408. The fraction of sp³-hybridized carbons (Fsp3) is 0.500. The van der Waals surface area contributed by atoms with Crippen LogP contribution in [0.15, 0.2) is 12.1 Å². The van der Waals surface area contributed by atoms with Crippen molar-refractivity contribution in [2.75, 3.05) is 0 Å². The predicted molar refractivity (Wildman–Crippen MR) is 57.5 cm³/mol. The number of hydrogen-bond acceptors (Lipinski definition) is 3. The Hall–Kier alpha value is -1.52. The van der Waals surface area contributed by atoms with Crippen molar-refractivity contribution in [3.8, 4) is 5.88 Å². The Morgan fingerprint density at radius 2 is 2.18 bits per heavy atom. The van der Waals surface area contributed by atoms with Crippen molar-refractivity contribution < 1.29 is 18.3 Å². The predicted octanol–water partition coefficient (Wildman–Crippen LogP) is 3.15. The molecule has 17 heavy (non-hydrogen) atoms. The van der Waals surface area contributed by atoms with Gasteiger partial charge >= 0.3 is 0 Å². The average Bonchev–Trinajstić information content (AvgIpc) is 2.23. The molecule has 0 bridgehead atoms. The summed E-state index contributed by atoms with van der Waals surface area (Å²) in [6, 6.07) is 2.83. The molecule has 0 aliphatic heterocycles. The van der Waals surface area contributed by atoms with Crippen molar-refractivity contribution >= 4 is 5.78 Å². The van der Waals surface area contributed by atoms with Crippen LogP contribution in [0.2, 0.25) is 0 Å². The minimum Gasteiger partial charge on any atom is -0.474 e. The van der Waals surface area contributed by atoms with Crippen molar-refractivity contribution in [1.29, 1.82) is 0 Å². The van der Waals surface area contributed by atoms with Crippen LogP contribution in [-0.4, -0.2) is 16.9 Å². The summed E-state index contributed by atoms with van der Waals surface area (Å²) >= 11 is 0. The maximum absolute atomic E-state index is 12.7. The lowest BCUT2D eigenvalue weighted by Gasteiger charge is -2.25. The van der Waals surface area contributed by atoms with Gasteiger partial charge in [-0.15, -0.1) is 0 Å². The number of halogens is 2. The Kier molecular flexibility index (Phi) is 3.36. The van der Waals surface area contributed by atoms with Crippen LogP contribution in [-0.2, 0) is 0 Å². The summed E-state index contributed by atoms with van der Waals surface area (Å²) in [6.07, 6.45) is 0.271. The maximum atomic E-state index is 12.7. The number of alkyl halides is 2. The minimum atomic E-state index is -2.76. The second-order valence-corrected chi connectivity index (χ2v) is 4.11. The molecule has 1 heterocycles. The van der Waals surface area contributed by atoms with E-state index in [1.807, 2.05) is 0 Å². The largest absolute Gasteiger partial charge is 0.474 e. The molecule has 0 saturated heterocycles. The molecule has 1 saturated carbocycles. The lowest BCUT2D eigenvalue weighted by molar-refractivity contribution is 0.0984. The summed E-state index contributed by atoms with van der Waals surface area (Å²) in [5.41, 5.74) is -0.532. The third-order valence-electron chi connectivity index (χ3n) is 2.82. The molecule has 92 valence electrons. The van der Waals surface area contributed by atoms with E-state index in [0.29, 0.717) is 0 Å². The number of pyridine rings is 1. The van der Waals surface area contributed by atoms with Crippen molar-refractivity contribution in [3.05, 3.63) is 23.4 Å². The fourth-order valence-corrected chi connectivity index (χ4v) is 1.65. The van der Waals surface area contributed by atoms with Gasteiger partial charge in [-0.05, 0) is 32.3 Å². The molecule has 2 rings (SSSR count). The van der Waals surface area contributed by atoms with Crippen molar-refractivity contribution in [2.24, 2.45) is 0 Å². The third kappa shape index (κ3) is 2.60. The number of nitrogens with zero attached hydrogens (tertiary/aromatic N) is 1. The molecule has 0 N–H and O–H groups in total. The van der Waals surface area contributed by atoms with E-state index >= 15 is 0 Å². The molecule has 0 aromatic carbocycles. The molecule has 0 spiro atoms. The number of carbonyl (C=O) groups excluding carboxylic acids is 1. The van der Waals surface area contributed by atoms with Crippen molar-refractivity contribution in [2.45, 2.75) is 38.7 Å². The van der Waals surface area contributed by atoms with Gasteiger partial charge in [-0.3, -0.25) is 4.79 Å². The molecule has 1 fully saturated rings. The first-order chi connectivity index (χ1) is 8.08. The first-order valence-electron chi connectivity index (χ1n) is 5.54. The van der Waals surface area contributed by atoms with E-state index in [1.165, 1.54) is 19.1 Å². The Balaban J connectivity index is 2.24. The topological polar surface area (TPSA) is 39.2 Å². The summed E-state index contributed by atoms with van der Waals surface area (Å²) in [4.78, 5) is 14.9. The third-order valence-corrected chi connectivity index (χ3v) is 2.82. The summed E-state index contributed by atoms with van der Waals surface area (Å²) in [5, 5.41) is 0. The van der Waals surface area contributed by atoms with Gasteiger partial charge in [0.2, 0.25) is 5.88 Å². The zero-order valence-electron chi connectivity index (χ0n) is 9.45. The summed E-state index contributed by atoms with van der Waals surface area (Å²) in [5.74, 6) is -0.238. The van der Waals surface area contributed by atoms with Crippen molar-refractivity contribution in [3.63, 3.8) is 0 Å². The normalized spacial score (nSPS) is 15.8. The highest BCUT2D eigenvalue weighted by molar-refractivity contribution is 5.95. The van der Waals surface area contributed by atoms with Crippen LogP contribution < -0.4 is 4.74 Å². The number of carbonyl (C=O) groups is 1. The highest BCUT2D eigenvalue weighted by atomic mass is 19.3. The van der Waals surface area contributed by atoms with E-state index in [-0.39, 0.29) is 17.5 Å². The molecule has 1 aromatic rings. The molecule has 0 radical (unpaired) electrons.